The Kier molecular flexibility index (Phi) is 5.37. The van der Waals surface area contributed by atoms with E-state index in [2.05, 4.69) is 39.2 Å². The predicted molar refractivity (Wildman–Crippen MR) is 89.2 cm³/mol. The summed E-state index contributed by atoms with van der Waals surface area (Å²) in [4.78, 5) is 18.3. The summed E-state index contributed by atoms with van der Waals surface area (Å²) in [6.07, 6.45) is 2.31. The molecule has 0 radical (unpaired) electrons. The van der Waals surface area contributed by atoms with Gasteiger partial charge in [0.25, 0.3) is 5.89 Å². The van der Waals surface area contributed by atoms with E-state index >= 15 is 0 Å². The van der Waals surface area contributed by atoms with Crippen molar-refractivity contribution >= 4 is 5.91 Å². The van der Waals surface area contributed by atoms with E-state index in [4.69, 9.17) is 4.42 Å². The molecule has 1 fully saturated rings. The number of pyridine rings is 1. The Bertz CT molecular complexity index is 708. The van der Waals surface area contributed by atoms with E-state index in [1.54, 1.807) is 0 Å². The molecule has 3 heterocycles. The molecule has 25 heavy (non-hydrogen) atoms. The molecule has 1 amide bonds. The van der Waals surface area contributed by atoms with Gasteiger partial charge < -0.3 is 14.6 Å². The predicted octanol–water partition coefficient (Wildman–Crippen LogP) is 1.98. The summed E-state index contributed by atoms with van der Waals surface area (Å²) >= 11 is 0. The SMILES string of the molecule is CC1CC(C)CN(CCNC(=O)c2nnc(-c3ccc(F)cn3)o2)C1. The second-order valence-electron chi connectivity index (χ2n) is 6.74. The molecular weight excluding hydrogens is 325 g/mol. The van der Waals surface area contributed by atoms with Gasteiger partial charge in [-0.05, 0) is 30.4 Å². The summed E-state index contributed by atoms with van der Waals surface area (Å²) in [6.45, 7) is 7.93. The monoisotopic (exact) mass is 347 g/mol. The Morgan fingerprint density at radius 3 is 2.76 bits per heavy atom. The molecule has 134 valence electrons. The molecule has 2 aromatic rings. The maximum Gasteiger partial charge on any atom is 0.308 e. The van der Waals surface area contributed by atoms with Crippen LogP contribution in [-0.4, -0.2) is 52.2 Å². The van der Waals surface area contributed by atoms with Crippen molar-refractivity contribution in [1.82, 2.24) is 25.4 Å². The second-order valence-corrected chi connectivity index (χ2v) is 6.74. The zero-order valence-corrected chi connectivity index (χ0v) is 14.4. The number of hydrogen-bond donors (Lipinski definition) is 1. The van der Waals surface area contributed by atoms with Gasteiger partial charge in [-0.3, -0.25) is 4.79 Å². The van der Waals surface area contributed by atoms with Crippen LogP contribution in [-0.2, 0) is 0 Å². The fraction of sp³-hybridized carbons (Fsp3) is 0.529. The summed E-state index contributed by atoms with van der Waals surface area (Å²) in [5.74, 6) is 0.453. The molecule has 0 saturated carbocycles. The van der Waals surface area contributed by atoms with Crippen LogP contribution in [0.25, 0.3) is 11.6 Å². The lowest BCUT2D eigenvalue weighted by Crippen LogP contribution is -2.42. The van der Waals surface area contributed by atoms with Crippen LogP contribution in [0.3, 0.4) is 0 Å². The van der Waals surface area contributed by atoms with Crippen molar-refractivity contribution in [2.45, 2.75) is 20.3 Å². The molecule has 0 spiro atoms. The van der Waals surface area contributed by atoms with Gasteiger partial charge in [0.1, 0.15) is 11.5 Å². The van der Waals surface area contributed by atoms with Gasteiger partial charge in [0.2, 0.25) is 0 Å². The van der Waals surface area contributed by atoms with Crippen LogP contribution in [0.2, 0.25) is 0 Å². The Morgan fingerprint density at radius 2 is 2.08 bits per heavy atom. The van der Waals surface area contributed by atoms with Crippen LogP contribution in [0.15, 0.2) is 22.7 Å². The maximum absolute atomic E-state index is 12.9. The molecular formula is C17H22FN5O2. The Morgan fingerprint density at radius 1 is 1.32 bits per heavy atom. The highest BCUT2D eigenvalue weighted by Crippen LogP contribution is 2.20. The highest BCUT2D eigenvalue weighted by atomic mass is 19.1. The zero-order valence-electron chi connectivity index (χ0n) is 14.4. The van der Waals surface area contributed by atoms with Gasteiger partial charge in [0.05, 0.1) is 6.20 Å². The van der Waals surface area contributed by atoms with Crippen LogP contribution in [0.4, 0.5) is 4.39 Å². The van der Waals surface area contributed by atoms with Crippen molar-refractivity contribution in [2.24, 2.45) is 11.8 Å². The van der Waals surface area contributed by atoms with Gasteiger partial charge in [-0.15, -0.1) is 10.2 Å². The molecule has 0 aromatic carbocycles. The Balaban J connectivity index is 1.51. The average molecular weight is 347 g/mol. The first-order valence-corrected chi connectivity index (χ1v) is 8.47. The third-order valence-corrected chi connectivity index (χ3v) is 4.22. The molecule has 0 bridgehead atoms. The van der Waals surface area contributed by atoms with E-state index in [1.807, 2.05) is 0 Å². The first-order valence-electron chi connectivity index (χ1n) is 8.47. The number of hydrogen-bond acceptors (Lipinski definition) is 6. The fourth-order valence-corrected chi connectivity index (χ4v) is 3.30. The van der Waals surface area contributed by atoms with Gasteiger partial charge in [-0.1, -0.05) is 13.8 Å². The van der Waals surface area contributed by atoms with Crippen LogP contribution < -0.4 is 5.32 Å². The summed E-state index contributed by atoms with van der Waals surface area (Å²) in [5.41, 5.74) is 0.323. The number of amides is 1. The van der Waals surface area contributed by atoms with E-state index in [9.17, 15) is 9.18 Å². The molecule has 0 aliphatic carbocycles. The number of halogens is 1. The molecule has 2 aromatic heterocycles. The molecule has 3 rings (SSSR count). The van der Waals surface area contributed by atoms with E-state index in [0.717, 1.165) is 25.8 Å². The fourth-order valence-electron chi connectivity index (χ4n) is 3.30. The van der Waals surface area contributed by atoms with Crippen molar-refractivity contribution in [2.75, 3.05) is 26.2 Å². The van der Waals surface area contributed by atoms with E-state index in [-0.39, 0.29) is 11.8 Å². The highest BCUT2D eigenvalue weighted by molar-refractivity contribution is 5.89. The van der Waals surface area contributed by atoms with Crippen molar-refractivity contribution in [1.29, 1.82) is 0 Å². The summed E-state index contributed by atoms with van der Waals surface area (Å²) in [7, 11) is 0. The minimum absolute atomic E-state index is 0.0869. The molecule has 2 atom stereocenters. The van der Waals surface area contributed by atoms with Gasteiger partial charge in [-0.2, -0.15) is 0 Å². The number of rotatable bonds is 5. The van der Waals surface area contributed by atoms with E-state index in [0.29, 0.717) is 24.1 Å². The van der Waals surface area contributed by atoms with E-state index in [1.165, 1.54) is 18.6 Å². The minimum atomic E-state index is -0.456. The van der Waals surface area contributed by atoms with Crippen LogP contribution >= 0.6 is 0 Å². The number of carbonyl (C=O) groups excluding carboxylic acids is 1. The van der Waals surface area contributed by atoms with Gasteiger partial charge in [0, 0.05) is 26.2 Å². The van der Waals surface area contributed by atoms with Crippen molar-refractivity contribution in [3.63, 3.8) is 0 Å². The third kappa shape index (κ3) is 4.60. The maximum atomic E-state index is 12.9. The van der Waals surface area contributed by atoms with Crippen LogP contribution in [0.5, 0.6) is 0 Å². The molecule has 1 saturated heterocycles. The highest BCUT2D eigenvalue weighted by Gasteiger charge is 2.22. The minimum Gasteiger partial charge on any atom is -0.411 e. The number of nitrogens with zero attached hydrogens (tertiary/aromatic N) is 4. The lowest BCUT2D eigenvalue weighted by molar-refractivity contribution is 0.0903. The first-order chi connectivity index (χ1) is 12.0. The van der Waals surface area contributed by atoms with E-state index < -0.39 is 11.7 Å². The number of piperidine rings is 1. The second kappa shape index (κ2) is 7.69. The number of likely N-dealkylation sites (tertiary alicyclic amines) is 1. The largest absolute Gasteiger partial charge is 0.411 e. The zero-order chi connectivity index (χ0) is 17.8. The lowest BCUT2D eigenvalue weighted by Gasteiger charge is -2.34. The Labute approximate surface area is 145 Å². The molecule has 7 nitrogen and oxygen atoms in total. The smallest absolute Gasteiger partial charge is 0.308 e. The van der Waals surface area contributed by atoms with Gasteiger partial charge >= 0.3 is 11.8 Å². The third-order valence-electron chi connectivity index (χ3n) is 4.22. The van der Waals surface area contributed by atoms with Gasteiger partial charge in [-0.25, -0.2) is 9.37 Å². The van der Waals surface area contributed by atoms with Crippen LogP contribution in [0, 0.1) is 17.7 Å². The summed E-state index contributed by atoms with van der Waals surface area (Å²) in [6, 6.07) is 2.66. The molecule has 1 N–H and O–H groups in total. The molecule has 8 heteroatoms. The van der Waals surface area contributed by atoms with Crippen molar-refractivity contribution < 1.29 is 13.6 Å². The molecule has 1 aliphatic heterocycles. The summed E-state index contributed by atoms with van der Waals surface area (Å²) < 4.78 is 18.2. The lowest BCUT2D eigenvalue weighted by atomic mass is 9.92. The first kappa shape index (κ1) is 17.5. The standard InChI is InChI=1S/C17H22FN5O2/c1-11-7-12(2)10-23(9-11)6-5-19-15(24)17-22-21-16(25-17)14-4-3-13(18)8-20-14/h3-4,8,11-12H,5-7,9-10H2,1-2H3,(H,19,24). The van der Waals surface area contributed by atoms with Crippen molar-refractivity contribution in [3.05, 3.63) is 30.0 Å². The van der Waals surface area contributed by atoms with Gasteiger partial charge in [0.15, 0.2) is 0 Å². The normalized spacial score (nSPS) is 21.2. The average Bonchev–Trinajstić information content (AvgIpc) is 3.04. The molecule has 1 aliphatic rings. The summed E-state index contributed by atoms with van der Waals surface area (Å²) in [5, 5.41) is 10.3. The Hall–Kier alpha value is -2.35. The molecule has 2 unspecified atom stereocenters. The number of aromatic nitrogens is 3. The number of carbonyl (C=O) groups is 1. The number of nitrogens with one attached hydrogen (secondary N) is 1. The van der Waals surface area contributed by atoms with Crippen LogP contribution in [0.1, 0.15) is 31.0 Å². The quantitative estimate of drug-likeness (QED) is 0.890. The topological polar surface area (TPSA) is 84.2 Å². The van der Waals surface area contributed by atoms with Crippen molar-refractivity contribution in [3.8, 4) is 11.6 Å².